The summed E-state index contributed by atoms with van der Waals surface area (Å²) in [7, 11) is 0. The standard InChI is InChI=1S/C14H22N2O4/c1-2-13(18)15-9-12(17)11(16-14(19)20)8-10-6-4-3-5-7-10/h3-7,11-13,15-18H,2,8-9H2,1H3,(H,19,20)/t11-,12+,13?/m0/s1. The number of benzene rings is 1. The van der Waals surface area contributed by atoms with E-state index in [0.717, 1.165) is 5.56 Å². The van der Waals surface area contributed by atoms with E-state index in [9.17, 15) is 15.0 Å². The Hall–Kier alpha value is -1.63. The molecule has 0 saturated heterocycles. The summed E-state index contributed by atoms with van der Waals surface area (Å²) >= 11 is 0. The molecule has 1 aromatic rings. The van der Waals surface area contributed by atoms with Crippen LogP contribution in [0.5, 0.6) is 0 Å². The van der Waals surface area contributed by atoms with Crippen molar-refractivity contribution in [2.75, 3.05) is 6.54 Å². The molecule has 0 heterocycles. The van der Waals surface area contributed by atoms with E-state index in [4.69, 9.17) is 5.11 Å². The van der Waals surface area contributed by atoms with Crippen LogP contribution in [0, 0.1) is 0 Å². The average Bonchev–Trinajstić information content (AvgIpc) is 2.44. The Balaban J connectivity index is 2.61. The van der Waals surface area contributed by atoms with Crippen molar-refractivity contribution >= 4 is 6.09 Å². The highest BCUT2D eigenvalue weighted by Crippen LogP contribution is 2.06. The maximum absolute atomic E-state index is 10.8. The van der Waals surface area contributed by atoms with Crippen molar-refractivity contribution in [3.63, 3.8) is 0 Å². The third kappa shape index (κ3) is 6.01. The minimum absolute atomic E-state index is 0.118. The van der Waals surface area contributed by atoms with Crippen LogP contribution in [0.2, 0.25) is 0 Å². The van der Waals surface area contributed by atoms with Gasteiger partial charge in [0.15, 0.2) is 0 Å². The summed E-state index contributed by atoms with van der Waals surface area (Å²) in [6.07, 6.45) is -1.90. The fourth-order valence-corrected chi connectivity index (χ4v) is 1.85. The number of carbonyl (C=O) groups is 1. The van der Waals surface area contributed by atoms with E-state index in [1.165, 1.54) is 0 Å². The summed E-state index contributed by atoms with van der Waals surface area (Å²) in [4.78, 5) is 10.8. The predicted octanol–water partition coefficient (Wildman–Crippen LogP) is 0.544. The lowest BCUT2D eigenvalue weighted by atomic mass is 10.0. The maximum atomic E-state index is 10.8. The van der Waals surface area contributed by atoms with Gasteiger partial charge in [0.1, 0.15) is 6.23 Å². The second-order valence-corrected chi connectivity index (χ2v) is 4.65. The summed E-state index contributed by atoms with van der Waals surface area (Å²) in [6.45, 7) is 1.92. The van der Waals surface area contributed by atoms with Crippen LogP contribution >= 0.6 is 0 Å². The predicted molar refractivity (Wildman–Crippen MR) is 75.4 cm³/mol. The SMILES string of the molecule is CCC(O)NC[C@@H](O)[C@H](Cc1ccccc1)NC(=O)O. The minimum atomic E-state index is -1.18. The minimum Gasteiger partial charge on any atom is -0.465 e. The second-order valence-electron chi connectivity index (χ2n) is 4.65. The van der Waals surface area contributed by atoms with Crippen LogP contribution in [0.4, 0.5) is 4.79 Å². The summed E-state index contributed by atoms with van der Waals surface area (Å²) in [5.41, 5.74) is 0.932. The van der Waals surface area contributed by atoms with Crippen molar-refractivity contribution in [1.82, 2.24) is 10.6 Å². The first kappa shape index (κ1) is 16.4. The van der Waals surface area contributed by atoms with Gasteiger partial charge in [0.25, 0.3) is 0 Å². The number of rotatable bonds is 8. The Labute approximate surface area is 118 Å². The van der Waals surface area contributed by atoms with Crippen LogP contribution < -0.4 is 10.6 Å². The van der Waals surface area contributed by atoms with Gasteiger partial charge in [-0.05, 0) is 18.4 Å². The second kappa shape index (κ2) is 8.52. The smallest absolute Gasteiger partial charge is 0.404 e. The molecule has 0 radical (unpaired) electrons. The lowest BCUT2D eigenvalue weighted by molar-refractivity contribution is 0.0798. The number of hydrogen-bond acceptors (Lipinski definition) is 4. The van der Waals surface area contributed by atoms with Crippen molar-refractivity contribution in [1.29, 1.82) is 0 Å². The molecule has 5 N–H and O–H groups in total. The van der Waals surface area contributed by atoms with Gasteiger partial charge in [0.2, 0.25) is 0 Å². The van der Waals surface area contributed by atoms with Crippen molar-refractivity contribution in [3.05, 3.63) is 35.9 Å². The van der Waals surface area contributed by atoms with Crippen LogP contribution in [-0.2, 0) is 6.42 Å². The maximum Gasteiger partial charge on any atom is 0.404 e. The monoisotopic (exact) mass is 282 g/mol. The molecule has 112 valence electrons. The quantitative estimate of drug-likeness (QED) is 0.448. The molecule has 3 atom stereocenters. The highest BCUT2D eigenvalue weighted by Gasteiger charge is 2.21. The van der Waals surface area contributed by atoms with Crippen LogP contribution in [0.1, 0.15) is 18.9 Å². The number of amides is 1. The van der Waals surface area contributed by atoms with Crippen LogP contribution in [0.25, 0.3) is 0 Å². The molecule has 0 bridgehead atoms. The molecular weight excluding hydrogens is 260 g/mol. The third-order valence-electron chi connectivity index (χ3n) is 3.02. The van der Waals surface area contributed by atoms with E-state index in [0.29, 0.717) is 12.8 Å². The Morgan fingerprint density at radius 2 is 1.90 bits per heavy atom. The molecule has 0 spiro atoms. The molecular formula is C14H22N2O4. The van der Waals surface area contributed by atoms with Crippen LogP contribution in [-0.4, -0.2) is 46.3 Å². The molecule has 0 aromatic heterocycles. The molecule has 0 saturated carbocycles. The topological polar surface area (TPSA) is 102 Å². The van der Waals surface area contributed by atoms with E-state index in [2.05, 4.69) is 10.6 Å². The Morgan fingerprint density at radius 3 is 2.45 bits per heavy atom. The summed E-state index contributed by atoms with van der Waals surface area (Å²) in [5, 5.41) is 33.4. The summed E-state index contributed by atoms with van der Waals surface area (Å²) in [6, 6.07) is 8.71. The molecule has 0 aliphatic carbocycles. The molecule has 1 aromatic carbocycles. The lowest BCUT2D eigenvalue weighted by Crippen LogP contribution is -2.49. The molecule has 1 amide bonds. The van der Waals surface area contributed by atoms with Gasteiger partial charge in [0.05, 0.1) is 12.1 Å². The molecule has 20 heavy (non-hydrogen) atoms. The van der Waals surface area contributed by atoms with Gasteiger partial charge in [-0.2, -0.15) is 0 Å². The third-order valence-corrected chi connectivity index (χ3v) is 3.02. The number of aliphatic hydroxyl groups excluding tert-OH is 2. The number of nitrogens with one attached hydrogen (secondary N) is 2. The van der Waals surface area contributed by atoms with Crippen molar-refractivity contribution in [3.8, 4) is 0 Å². The van der Waals surface area contributed by atoms with Crippen LogP contribution in [0.3, 0.4) is 0 Å². The first-order valence-electron chi connectivity index (χ1n) is 6.65. The van der Waals surface area contributed by atoms with Gasteiger partial charge in [-0.25, -0.2) is 4.79 Å². The van der Waals surface area contributed by atoms with E-state index < -0.39 is 24.5 Å². The molecule has 0 aliphatic rings. The largest absolute Gasteiger partial charge is 0.465 e. The Bertz CT molecular complexity index is 399. The first-order valence-corrected chi connectivity index (χ1v) is 6.65. The highest BCUT2D eigenvalue weighted by molar-refractivity contribution is 5.65. The van der Waals surface area contributed by atoms with Crippen molar-refractivity contribution < 1.29 is 20.1 Å². The van der Waals surface area contributed by atoms with Gasteiger partial charge in [-0.1, -0.05) is 37.3 Å². The van der Waals surface area contributed by atoms with Gasteiger partial charge in [-0.15, -0.1) is 0 Å². The fourth-order valence-electron chi connectivity index (χ4n) is 1.85. The normalized spacial score (nSPS) is 15.3. The highest BCUT2D eigenvalue weighted by atomic mass is 16.4. The molecule has 1 rings (SSSR count). The van der Waals surface area contributed by atoms with Gasteiger partial charge >= 0.3 is 6.09 Å². The Morgan fingerprint density at radius 1 is 1.25 bits per heavy atom. The Kier molecular flexibility index (Phi) is 7.00. The summed E-state index contributed by atoms with van der Waals surface area (Å²) < 4.78 is 0. The zero-order valence-corrected chi connectivity index (χ0v) is 11.5. The van der Waals surface area contributed by atoms with E-state index in [1.54, 1.807) is 6.92 Å². The van der Waals surface area contributed by atoms with E-state index in [-0.39, 0.29) is 6.54 Å². The van der Waals surface area contributed by atoms with Crippen LogP contribution in [0.15, 0.2) is 30.3 Å². The van der Waals surface area contributed by atoms with Crippen molar-refractivity contribution in [2.45, 2.75) is 38.1 Å². The molecule has 6 nitrogen and oxygen atoms in total. The zero-order chi connectivity index (χ0) is 15.0. The lowest BCUT2D eigenvalue weighted by Gasteiger charge is -2.24. The van der Waals surface area contributed by atoms with Gasteiger partial charge < -0.3 is 20.6 Å². The number of aliphatic hydroxyl groups is 2. The van der Waals surface area contributed by atoms with E-state index >= 15 is 0 Å². The van der Waals surface area contributed by atoms with Crippen molar-refractivity contribution in [2.24, 2.45) is 0 Å². The molecule has 1 unspecified atom stereocenters. The fraction of sp³-hybridized carbons (Fsp3) is 0.500. The summed E-state index contributed by atoms with van der Waals surface area (Å²) in [5.74, 6) is 0. The average molecular weight is 282 g/mol. The molecule has 6 heteroatoms. The van der Waals surface area contributed by atoms with Gasteiger partial charge in [0, 0.05) is 6.54 Å². The van der Waals surface area contributed by atoms with E-state index in [1.807, 2.05) is 30.3 Å². The zero-order valence-electron chi connectivity index (χ0n) is 11.5. The molecule has 0 fully saturated rings. The number of hydrogen-bond donors (Lipinski definition) is 5. The molecule has 0 aliphatic heterocycles. The first-order chi connectivity index (χ1) is 9.52. The number of carboxylic acid groups (broad SMARTS) is 1. The van der Waals surface area contributed by atoms with Gasteiger partial charge in [-0.3, -0.25) is 5.32 Å².